The van der Waals surface area contributed by atoms with Crippen LogP contribution in [-0.2, 0) is 7.05 Å². The monoisotopic (exact) mass is 323 g/mol. The zero-order valence-corrected chi connectivity index (χ0v) is 14.0. The zero-order valence-electron chi connectivity index (χ0n) is 12.5. The molecular weight excluding hydrogens is 305 g/mol. The van der Waals surface area contributed by atoms with Crippen molar-refractivity contribution in [1.82, 2.24) is 14.8 Å². The summed E-state index contributed by atoms with van der Waals surface area (Å²) in [4.78, 5) is 4.64. The average Bonchev–Trinajstić information content (AvgIpc) is 2.81. The summed E-state index contributed by atoms with van der Waals surface area (Å²) < 4.78 is 1.77. The Balaban J connectivity index is 2.44. The van der Waals surface area contributed by atoms with Gasteiger partial charge in [-0.05, 0) is 31.9 Å². The molecule has 5 heteroatoms. The number of hydrogen-bond acceptors (Lipinski definition) is 2. The van der Waals surface area contributed by atoms with Gasteiger partial charge in [0, 0.05) is 23.2 Å². The van der Waals surface area contributed by atoms with Crippen molar-refractivity contribution in [2.45, 2.75) is 33.1 Å². The van der Waals surface area contributed by atoms with E-state index < -0.39 is 0 Å². The van der Waals surface area contributed by atoms with Crippen molar-refractivity contribution in [3.05, 3.63) is 40.1 Å². The number of rotatable bonds is 5. The lowest BCUT2D eigenvalue weighted by Gasteiger charge is -2.06. The van der Waals surface area contributed by atoms with E-state index in [1.54, 1.807) is 4.68 Å². The van der Waals surface area contributed by atoms with Crippen LogP contribution in [0.3, 0.4) is 0 Å². The van der Waals surface area contributed by atoms with E-state index in [0.29, 0.717) is 10.8 Å². The highest BCUT2D eigenvalue weighted by molar-refractivity contribution is 6.33. The average molecular weight is 324 g/mol. The minimum atomic E-state index is 0.630. The van der Waals surface area contributed by atoms with Gasteiger partial charge in [0.15, 0.2) is 11.6 Å². The van der Waals surface area contributed by atoms with Crippen LogP contribution in [0.2, 0.25) is 5.02 Å². The molecule has 1 aromatic heterocycles. The maximum Gasteiger partial charge on any atom is 0.183 e. The molecule has 0 saturated carbocycles. The summed E-state index contributed by atoms with van der Waals surface area (Å²) in [6.07, 6.45) is 3.09. The Kier molecular flexibility index (Phi) is 5.43. The highest BCUT2D eigenvalue weighted by Gasteiger charge is 2.16. The Morgan fingerprint density at radius 2 is 2.00 bits per heavy atom. The van der Waals surface area contributed by atoms with Gasteiger partial charge in [-0.2, -0.15) is 5.10 Å². The minimum absolute atomic E-state index is 0.630. The van der Waals surface area contributed by atoms with Crippen LogP contribution >= 0.6 is 23.2 Å². The van der Waals surface area contributed by atoms with Gasteiger partial charge in [0.25, 0.3) is 0 Å². The fraction of sp³-hybridized carbons (Fsp3) is 0.375. The van der Waals surface area contributed by atoms with Crippen LogP contribution in [0.15, 0.2) is 29.3 Å². The quantitative estimate of drug-likeness (QED) is 0.747. The van der Waals surface area contributed by atoms with Gasteiger partial charge >= 0.3 is 0 Å². The van der Waals surface area contributed by atoms with Crippen LogP contribution in [0.25, 0.3) is 17.0 Å². The molecule has 0 aliphatic carbocycles. The number of unbranched alkanes of at least 4 members (excludes halogenated alkanes) is 1. The van der Waals surface area contributed by atoms with Crippen LogP contribution in [0.4, 0.5) is 0 Å². The summed E-state index contributed by atoms with van der Waals surface area (Å²) in [6.45, 7) is 4.06. The summed E-state index contributed by atoms with van der Waals surface area (Å²) in [5.74, 6) is 1.44. The van der Waals surface area contributed by atoms with E-state index >= 15 is 0 Å². The molecule has 0 unspecified atom stereocenters. The maximum atomic E-state index is 6.25. The van der Waals surface area contributed by atoms with Gasteiger partial charge in [0.05, 0.1) is 5.02 Å². The van der Waals surface area contributed by atoms with Crippen LogP contribution in [-0.4, -0.2) is 14.8 Å². The fourth-order valence-corrected chi connectivity index (χ4v) is 2.59. The number of hydrogen-bond donors (Lipinski definition) is 0. The molecule has 0 amide bonds. The molecule has 3 nitrogen and oxygen atoms in total. The van der Waals surface area contributed by atoms with Crippen LogP contribution in [0.5, 0.6) is 0 Å². The van der Waals surface area contributed by atoms with Gasteiger partial charge < -0.3 is 0 Å². The third-order valence-corrected chi connectivity index (χ3v) is 3.90. The van der Waals surface area contributed by atoms with Gasteiger partial charge in [0.1, 0.15) is 0 Å². The molecule has 112 valence electrons. The third kappa shape index (κ3) is 3.66. The Labute approximate surface area is 135 Å². The Morgan fingerprint density at radius 1 is 1.29 bits per heavy atom. The van der Waals surface area contributed by atoms with Gasteiger partial charge in [-0.3, -0.25) is 0 Å². The van der Waals surface area contributed by atoms with E-state index in [1.165, 1.54) is 0 Å². The number of aromatic nitrogens is 3. The Bertz CT molecular complexity index is 655. The SMILES string of the molecule is CCCCC(=C(C)Cl)c1nc(-c2ccccc2Cl)nn1C. The summed E-state index contributed by atoms with van der Waals surface area (Å²) >= 11 is 12.5. The lowest BCUT2D eigenvalue weighted by atomic mass is 10.1. The molecule has 0 saturated heterocycles. The normalized spacial score (nSPS) is 12.4. The van der Waals surface area contributed by atoms with Crippen LogP contribution < -0.4 is 0 Å². The van der Waals surface area contributed by atoms with E-state index in [-0.39, 0.29) is 0 Å². The van der Waals surface area contributed by atoms with Crippen molar-refractivity contribution in [2.24, 2.45) is 7.05 Å². The van der Waals surface area contributed by atoms with Gasteiger partial charge in [-0.1, -0.05) is 48.7 Å². The number of allylic oxidation sites excluding steroid dienone is 2. The largest absolute Gasteiger partial charge is 0.249 e. The number of benzene rings is 1. The molecule has 21 heavy (non-hydrogen) atoms. The highest BCUT2D eigenvalue weighted by atomic mass is 35.5. The topological polar surface area (TPSA) is 30.7 Å². The second-order valence-electron chi connectivity index (χ2n) is 4.98. The van der Waals surface area contributed by atoms with Gasteiger partial charge in [-0.25, -0.2) is 9.67 Å². The molecule has 0 fully saturated rings. The fourth-order valence-electron chi connectivity index (χ4n) is 2.20. The molecular formula is C16H19Cl2N3. The molecule has 0 spiro atoms. The van der Waals surface area contributed by atoms with Gasteiger partial charge in [-0.15, -0.1) is 0 Å². The Hall–Kier alpha value is -1.32. The third-order valence-electron chi connectivity index (χ3n) is 3.34. The molecule has 0 bridgehead atoms. The molecule has 1 heterocycles. The smallest absolute Gasteiger partial charge is 0.183 e. The lowest BCUT2D eigenvalue weighted by Crippen LogP contribution is -2.00. The zero-order chi connectivity index (χ0) is 15.4. The first-order chi connectivity index (χ1) is 10.0. The first-order valence-corrected chi connectivity index (χ1v) is 7.81. The van der Waals surface area contributed by atoms with E-state index in [2.05, 4.69) is 17.0 Å². The summed E-state index contributed by atoms with van der Waals surface area (Å²) in [7, 11) is 1.88. The van der Waals surface area contributed by atoms with Crippen molar-refractivity contribution in [3.8, 4) is 11.4 Å². The molecule has 2 rings (SSSR count). The standard InChI is InChI=1S/C16H19Cl2N3/c1-4-5-8-12(11(2)17)16-19-15(20-21(16)3)13-9-6-7-10-14(13)18/h6-7,9-10H,4-5,8H2,1-3H3. The van der Waals surface area contributed by atoms with Crippen molar-refractivity contribution in [1.29, 1.82) is 0 Å². The predicted octanol–water partition coefficient (Wildman–Crippen LogP) is 5.30. The highest BCUT2D eigenvalue weighted by Crippen LogP contribution is 2.29. The molecule has 0 aliphatic rings. The summed E-state index contributed by atoms with van der Waals surface area (Å²) in [5.41, 5.74) is 1.88. The second kappa shape index (κ2) is 7.10. The second-order valence-corrected chi connectivity index (χ2v) is 5.95. The number of nitrogens with zero attached hydrogens (tertiary/aromatic N) is 3. The van der Waals surface area contributed by atoms with Crippen LogP contribution in [0, 0.1) is 0 Å². The van der Waals surface area contributed by atoms with Crippen molar-refractivity contribution in [2.75, 3.05) is 0 Å². The van der Waals surface area contributed by atoms with E-state index in [9.17, 15) is 0 Å². The predicted molar refractivity (Wildman–Crippen MR) is 89.4 cm³/mol. The van der Waals surface area contributed by atoms with Crippen molar-refractivity contribution < 1.29 is 0 Å². The molecule has 0 radical (unpaired) electrons. The Morgan fingerprint density at radius 3 is 2.62 bits per heavy atom. The van der Waals surface area contributed by atoms with E-state index in [0.717, 1.165) is 41.3 Å². The van der Waals surface area contributed by atoms with Crippen LogP contribution in [0.1, 0.15) is 38.9 Å². The molecule has 0 aliphatic heterocycles. The van der Waals surface area contributed by atoms with E-state index in [4.69, 9.17) is 23.2 Å². The lowest BCUT2D eigenvalue weighted by molar-refractivity contribution is 0.740. The maximum absolute atomic E-state index is 6.25. The number of aryl methyl sites for hydroxylation is 1. The van der Waals surface area contributed by atoms with Crippen molar-refractivity contribution >= 4 is 28.8 Å². The molecule has 1 aromatic carbocycles. The first kappa shape index (κ1) is 16.1. The minimum Gasteiger partial charge on any atom is -0.249 e. The van der Waals surface area contributed by atoms with Gasteiger partial charge in [0.2, 0.25) is 0 Å². The van der Waals surface area contributed by atoms with Crippen molar-refractivity contribution in [3.63, 3.8) is 0 Å². The van der Waals surface area contributed by atoms with E-state index in [1.807, 2.05) is 38.2 Å². The summed E-state index contributed by atoms with van der Waals surface area (Å²) in [5, 5.41) is 5.90. The summed E-state index contributed by atoms with van der Waals surface area (Å²) in [6, 6.07) is 7.58. The molecule has 2 aromatic rings. The molecule has 0 atom stereocenters. The first-order valence-electron chi connectivity index (χ1n) is 7.06. The molecule has 0 N–H and O–H groups in total. The number of halogens is 2.